The van der Waals surface area contributed by atoms with Crippen molar-refractivity contribution >= 4 is 28.0 Å². The number of benzene rings is 1. The molecule has 0 spiro atoms. The Morgan fingerprint density at radius 2 is 1.96 bits per heavy atom. The van der Waals surface area contributed by atoms with Crippen LogP contribution in [0.15, 0.2) is 53.0 Å². The first kappa shape index (κ1) is 18.4. The monoisotopic (exact) mass is 388 g/mol. The van der Waals surface area contributed by atoms with Crippen molar-refractivity contribution in [1.82, 2.24) is 9.88 Å². The Labute approximate surface area is 151 Å². The number of carboxylic acids is 1. The molecule has 0 saturated carbocycles. The van der Waals surface area contributed by atoms with Crippen LogP contribution in [0.25, 0.3) is 6.08 Å². The van der Waals surface area contributed by atoms with Crippen LogP contribution in [0.2, 0.25) is 0 Å². The van der Waals surface area contributed by atoms with E-state index >= 15 is 0 Å². The number of hydrogen-bond acceptors (Lipinski definition) is 3. The van der Waals surface area contributed by atoms with Crippen molar-refractivity contribution in [3.05, 3.63) is 70.0 Å². The van der Waals surface area contributed by atoms with Crippen LogP contribution in [0.4, 0.5) is 0 Å². The zero-order chi connectivity index (χ0) is 17.5. The van der Waals surface area contributed by atoms with Gasteiger partial charge in [-0.3, -0.25) is 4.98 Å². The SMILES string of the molecule is CN(C)CCC(c1ccc(Br)cc1)c1cccc(/C=C/C(=O)O)n1. The summed E-state index contributed by atoms with van der Waals surface area (Å²) in [7, 11) is 4.11. The van der Waals surface area contributed by atoms with Crippen LogP contribution in [0.3, 0.4) is 0 Å². The molecule has 1 heterocycles. The quantitative estimate of drug-likeness (QED) is 0.727. The van der Waals surface area contributed by atoms with Crippen LogP contribution in [-0.4, -0.2) is 41.6 Å². The van der Waals surface area contributed by atoms with Gasteiger partial charge in [0.05, 0.1) is 5.69 Å². The molecule has 0 aliphatic heterocycles. The lowest BCUT2D eigenvalue weighted by Gasteiger charge is -2.20. The molecule has 2 aromatic rings. The molecule has 1 aromatic carbocycles. The standard InChI is InChI=1S/C19H21BrN2O2/c1-22(2)13-12-17(14-6-8-15(20)9-7-14)18-5-3-4-16(21-18)10-11-19(23)24/h3-11,17H,12-13H2,1-2H3,(H,23,24)/b11-10+. The number of carbonyl (C=O) groups is 1. The van der Waals surface area contributed by atoms with Gasteiger partial charge in [0, 0.05) is 22.2 Å². The highest BCUT2D eigenvalue weighted by molar-refractivity contribution is 9.10. The fourth-order valence-electron chi connectivity index (χ4n) is 2.48. The zero-order valence-corrected chi connectivity index (χ0v) is 15.4. The number of nitrogens with zero attached hydrogens (tertiary/aromatic N) is 2. The number of rotatable bonds is 7. The molecule has 1 atom stereocenters. The molecular formula is C19H21BrN2O2. The van der Waals surface area contributed by atoms with Crippen LogP contribution in [0.1, 0.15) is 29.3 Å². The van der Waals surface area contributed by atoms with Gasteiger partial charge in [-0.05, 0) is 63.0 Å². The summed E-state index contributed by atoms with van der Waals surface area (Å²) in [6.45, 7) is 0.942. The highest BCUT2D eigenvalue weighted by Gasteiger charge is 2.16. The molecule has 1 N–H and O–H groups in total. The van der Waals surface area contributed by atoms with E-state index in [0.29, 0.717) is 5.69 Å². The second kappa shape index (κ2) is 8.76. The molecule has 126 valence electrons. The van der Waals surface area contributed by atoms with Crippen molar-refractivity contribution in [2.45, 2.75) is 12.3 Å². The lowest BCUT2D eigenvalue weighted by Crippen LogP contribution is -2.17. The van der Waals surface area contributed by atoms with E-state index in [2.05, 4.69) is 52.0 Å². The minimum Gasteiger partial charge on any atom is -0.478 e. The average Bonchev–Trinajstić information content (AvgIpc) is 2.55. The Hall–Kier alpha value is -1.98. The van der Waals surface area contributed by atoms with Gasteiger partial charge < -0.3 is 10.0 Å². The first-order valence-electron chi connectivity index (χ1n) is 7.74. The van der Waals surface area contributed by atoms with Gasteiger partial charge in [0.25, 0.3) is 0 Å². The summed E-state index contributed by atoms with van der Waals surface area (Å²) < 4.78 is 1.05. The molecular weight excluding hydrogens is 368 g/mol. The van der Waals surface area contributed by atoms with E-state index in [0.717, 1.165) is 29.2 Å². The molecule has 5 heteroatoms. The van der Waals surface area contributed by atoms with E-state index in [1.54, 1.807) is 0 Å². The smallest absolute Gasteiger partial charge is 0.328 e. The third kappa shape index (κ3) is 5.58. The highest BCUT2D eigenvalue weighted by Crippen LogP contribution is 2.28. The average molecular weight is 389 g/mol. The van der Waals surface area contributed by atoms with E-state index in [4.69, 9.17) is 5.11 Å². The van der Waals surface area contributed by atoms with Gasteiger partial charge in [-0.25, -0.2) is 4.79 Å². The molecule has 24 heavy (non-hydrogen) atoms. The molecule has 0 bridgehead atoms. The van der Waals surface area contributed by atoms with Crippen LogP contribution in [0.5, 0.6) is 0 Å². The third-order valence-electron chi connectivity index (χ3n) is 3.68. The Balaban J connectivity index is 2.33. The number of aromatic nitrogens is 1. The minimum absolute atomic E-state index is 0.165. The van der Waals surface area contributed by atoms with Crippen LogP contribution < -0.4 is 0 Å². The molecule has 2 rings (SSSR count). The van der Waals surface area contributed by atoms with Gasteiger partial charge in [0.15, 0.2) is 0 Å². The van der Waals surface area contributed by atoms with Gasteiger partial charge in [0.1, 0.15) is 0 Å². The van der Waals surface area contributed by atoms with Crippen molar-refractivity contribution in [2.75, 3.05) is 20.6 Å². The fourth-order valence-corrected chi connectivity index (χ4v) is 2.74. The Bertz CT molecular complexity index is 712. The molecule has 1 aromatic heterocycles. The van der Waals surface area contributed by atoms with Crippen molar-refractivity contribution < 1.29 is 9.90 Å². The molecule has 0 aliphatic carbocycles. The normalized spacial score (nSPS) is 12.7. The lowest BCUT2D eigenvalue weighted by molar-refractivity contribution is -0.131. The van der Waals surface area contributed by atoms with E-state index in [9.17, 15) is 4.79 Å². The molecule has 1 unspecified atom stereocenters. The molecule has 0 radical (unpaired) electrons. The summed E-state index contributed by atoms with van der Waals surface area (Å²) in [6, 6.07) is 14.0. The number of hydrogen-bond donors (Lipinski definition) is 1. The number of halogens is 1. The Kier molecular flexibility index (Phi) is 6.70. The maximum Gasteiger partial charge on any atom is 0.328 e. The van der Waals surface area contributed by atoms with Crippen molar-refractivity contribution in [3.8, 4) is 0 Å². The van der Waals surface area contributed by atoms with E-state index in [1.807, 2.05) is 30.3 Å². The topological polar surface area (TPSA) is 53.4 Å². The van der Waals surface area contributed by atoms with E-state index in [1.165, 1.54) is 11.6 Å². The summed E-state index contributed by atoms with van der Waals surface area (Å²) in [5.74, 6) is -0.807. The zero-order valence-electron chi connectivity index (χ0n) is 13.8. The van der Waals surface area contributed by atoms with Gasteiger partial charge >= 0.3 is 5.97 Å². The number of pyridine rings is 1. The minimum atomic E-state index is -0.973. The second-order valence-electron chi connectivity index (χ2n) is 5.85. The van der Waals surface area contributed by atoms with Crippen molar-refractivity contribution in [1.29, 1.82) is 0 Å². The van der Waals surface area contributed by atoms with Gasteiger partial charge in [0.2, 0.25) is 0 Å². The predicted octanol–water partition coefficient (Wildman–Crippen LogP) is 4.03. The van der Waals surface area contributed by atoms with Crippen molar-refractivity contribution in [3.63, 3.8) is 0 Å². The lowest BCUT2D eigenvalue weighted by atomic mass is 9.91. The maximum atomic E-state index is 10.7. The summed E-state index contributed by atoms with van der Waals surface area (Å²) in [5.41, 5.74) is 2.81. The van der Waals surface area contributed by atoms with Gasteiger partial charge in [-0.2, -0.15) is 0 Å². The van der Waals surface area contributed by atoms with E-state index in [-0.39, 0.29) is 5.92 Å². The second-order valence-corrected chi connectivity index (χ2v) is 6.77. The van der Waals surface area contributed by atoms with Crippen LogP contribution in [0, 0.1) is 0 Å². The number of carboxylic acid groups (broad SMARTS) is 1. The van der Waals surface area contributed by atoms with E-state index < -0.39 is 5.97 Å². The van der Waals surface area contributed by atoms with Crippen LogP contribution in [-0.2, 0) is 4.79 Å². The first-order chi connectivity index (χ1) is 11.5. The summed E-state index contributed by atoms with van der Waals surface area (Å²) in [5, 5.41) is 8.78. The fraction of sp³-hybridized carbons (Fsp3) is 0.263. The maximum absolute atomic E-state index is 10.7. The predicted molar refractivity (Wildman–Crippen MR) is 100 cm³/mol. The summed E-state index contributed by atoms with van der Waals surface area (Å²) in [4.78, 5) is 17.5. The summed E-state index contributed by atoms with van der Waals surface area (Å²) in [6.07, 6.45) is 3.57. The number of aliphatic carboxylic acids is 1. The molecule has 4 nitrogen and oxygen atoms in total. The first-order valence-corrected chi connectivity index (χ1v) is 8.53. The molecule has 0 saturated heterocycles. The largest absolute Gasteiger partial charge is 0.478 e. The molecule has 0 amide bonds. The highest BCUT2D eigenvalue weighted by atomic mass is 79.9. The summed E-state index contributed by atoms with van der Waals surface area (Å²) >= 11 is 3.47. The van der Waals surface area contributed by atoms with Gasteiger partial charge in [-0.15, -0.1) is 0 Å². The third-order valence-corrected chi connectivity index (χ3v) is 4.21. The molecule has 0 fully saturated rings. The van der Waals surface area contributed by atoms with Crippen molar-refractivity contribution in [2.24, 2.45) is 0 Å². The molecule has 0 aliphatic rings. The Morgan fingerprint density at radius 3 is 2.58 bits per heavy atom. The van der Waals surface area contributed by atoms with Crippen LogP contribution >= 0.6 is 15.9 Å². The Morgan fingerprint density at radius 1 is 1.25 bits per heavy atom. The van der Waals surface area contributed by atoms with Gasteiger partial charge in [-0.1, -0.05) is 34.1 Å².